The number of nitrogens with zero attached hydrogens (tertiary/aromatic N) is 2. The summed E-state index contributed by atoms with van der Waals surface area (Å²) in [7, 11) is 0. The summed E-state index contributed by atoms with van der Waals surface area (Å²) >= 11 is 0. The van der Waals surface area contributed by atoms with Crippen molar-refractivity contribution in [3.63, 3.8) is 0 Å². The lowest BCUT2D eigenvalue weighted by molar-refractivity contribution is 0.0996. The molecule has 18 heavy (non-hydrogen) atoms. The van der Waals surface area contributed by atoms with Crippen molar-refractivity contribution in [1.82, 2.24) is 10.1 Å². The molecule has 0 spiro atoms. The van der Waals surface area contributed by atoms with E-state index in [0.29, 0.717) is 24.0 Å². The normalized spacial score (nSPS) is 36.8. The number of nitrogens with two attached hydrogens (primary N) is 1. The Kier molecular flexibility index (Phi) is 2.29. The number of rotatable bonds is 3. The van der Waals surface area contributed by atoms with E-state index < -0.39 is 0 Å². The third kappa shape index (κ3) is 1.68. The lowest BCUT2D eigenvalue weighted by Crippen LogP contribution is -2.48. The Morgan fingerprint density at radius 2 is 2.22 bits per heavy atom. The minimum absolute atomic E-state index is 0.0883. The summed E-state index contributed by atoms with van der Waals surface area (Å²) in [5.41, 5.74) is 6.12. The molecule has 2 N–H and O–H groups in total. The highest BCUT2D eigenvalue weighted by Crippen LogP contribution is 2.43. The maximum absolute atomic E-state index is 6.21. The van der Waals surface area contributed by atoms with E-state index in [9.17, 15) is 0 Å². The highest BCUT2D eigenvalue weighted by Gasteiger charge is 2.44. The van der Waals surface area contributed by atoms with Crippen LogP contribution < -0.4 is 5.73 Å². The molecule has 3 aliphatic rings. The van der Waals surface area contributed by atoms with Gasteiger partial charge in [0.1, 0.15) is 0 Å². The molecule has 2 bridgehead atoms. The average Bonchev–Trinajstić information content (AvgIpc) is 3.01. The summed E-state index contributed by atoms with van der Waals surface area (Å²) < 4.78 is 11.2. The van der Waals surface area contributed by atoms with Crippen LogP contribution in [0.4, 0.5) is 0 Å². The van der Waals surface area contributed by atoms with Gasteiger partial charge in [0.2, 0.25) is 5.89 Å². The van der Waals surface area contributed by atoms with Crippen molar-refractivity contribution in [2.24, 2.45) is 5.73 Å². The second-order valence-corrected chi connectivity index (χ2v) is 6.16. The average molecular weight is 249 g/mol. The summed E-state index contributed by atoms with van der Waals surface area (Å²) in [6.07, 6.45) is 8.21. The first-order chi connectivity index (χ1) is 8.72. The monoisotopic (exact) mass is 249 g/mol. The Balaban J connectivity index is 1.48. The predicted octanol–water partition coefficient (Wildman–Crippen LogP) is 1.53. The van der Waals surface area contributed by atoms with E-state index in [4.69, 9.17) is 15.0 Å². The molecule has 1 aromatic heterocycles. The van der Waals surface area contributed by atoms with Crippen molar-refractivity contribution in [3.8, 4) is 0 Å². The second-order valence-electron chi connectivity index (χ2n) is 6.16. The van der Waals surface area contributed by atoms with Crippen molar-refractivity contribution in [2.45, 2.75) is 68.6 Å². The van der Waals surface area contributed by atoms with Gasteiger partial charge in [-0.3, -0.25) is 0 Å². The molecule has 1 saturated carbocycles. The fourth-order valence-corrected chi connectivity index (χ4v) is 3.51. The van der Waals surface area contributed by atoms with Crippen molar-refractivity contribution < 1.29 is 9.26 Å². The van der Waals surface area contributed by atoms with Crippen LogP contribution in [-0.2, 0) is 11.2 Å². The smallest absolute Gasteiger partial charge is 0.228 e. The first kappa shape index (κ1) is 10.9. The maximum Gasteiger partial charge on any atom is 0.228 e. The highest BCUT2D eigenvalue weighted by atomic mass is 16.5. The third-order valence-electron chi connectivity index (χ3n) is 4.77. The molecule has 1 aliphatic carbocycles. The molecule has 0 radical (unpaired) electrons. The van der Waals surface area contributed by atoms with E-state index in [1.807, 2.05) is 0 Å². The molecule has 0 aromatic carbocycles. The minimum atomic E-state index is -0.0883. The van der Waals surface area contributed by atoms with Gasteiger partial charge in [-0.1, -0.05) is 5.16 Å². The molecule has 3 heterocycles. The molecule has 5 heteroatoms. The molecule has 2 aliphatic heterocycles. The second kappa shape index (κ2) is 3.78. The Morgan fingerprint density at radius 1 is 1.33 bits per heavy atom. The van der Waals surface area contributed by atoms with Gasteiger partial charge in [0.25, 0.3) is 0 Å². The van der Waals surface area contributed by atoms with Gasteiger partial charge in [-0.25, -0.2) is 0 Å². The van der Waals surface area contributed by atoms with Crippen LogP contribution in [0.2, 0.25) is 0 Å². The summed E-state index contributed by atoms with van der Waals surface area (Å²) in [4.78, 5) is 4.54. The van der Waals surface area contributed by atoms with Gasteiger partial charge in [-0.2, -0.15) is 4.98 Å². The van der Waals surface area contributed by atoms with Gasteiger partial charge >= 0.3 is 0 Å². The van der Waals surface area contributed by atoms with Crippen molar-refractivity contribution in [3.05, 3.63) is 11.7 Å². The van der Waals surface area contributed by atoms with Gasteiger partial charge in [0.05, 0.1) is 18.1 Å². The molecule has 4 rings (SSSR count). The molecule has 98 valence electrons. The van der Waals surface area contributed by atoms with Crippen molar-refractivity contribution >= 4 is 0 Å². The molecule has 5 nitrogen and oxygen atoms in total. The fraction of sp³-hybridized carbons (Fsp3) is 0.846. The zero-order valence-corrected chi connectivity index (χ0v) is 10.5. The molecular formula is C13H19N3O2. The van der Waals surface area contributed by atoms with Crippen molar-refractivity contribution in [2.75, 3.05) is 0 Å². The van der Waals surface area contributed by atoms with E-state index in [2.05, 4.69) is 10.1 Å². The van der Waals surface area contributed by atoms with Crippen molar-refractivity contribution in [1.29, 1.82) is 0 Å². The fourth-order valence-electron chi connectivity index (χ4n) is 3.51. The van der Waals surface area contributed by atoms with Gasteiger partial charge in [0, 0.05) is 12.0 Å². The van der Waals surface area contributed by atoms with Crippen LogP contribution in [0.1, 0.15) is 56.2 Å². The van der Waals surface area contributed by atoms with Crippen LogP contribution in [0.3, 0.4) is 0 Å². The van der Waals surface area contributed by atoms with Crippen LogP contribution in [0, 0.1) is 0 Å². The number of hydrogen-bond acceptors (Lipinski definition) is 5. The van der Waals surface area contributed by atoms with Crippen LogP contribution >= 0.6 is 0 Å². The lowest BCUT2D eigenvalue weighted by Gasteiger charge is -2.36. The SMILES string of the molecule is NC1(Cc2nc(C3CC4CCC3O4)no2)CCC1. The summed E-state index contributed by atoms with van der Waals surface area (Å²) in [6.45, 7) is 0. The number of aromatic nitrogens is 2. The summed E-state index contributed by atoms with van der Waals surface area (Å²) in [5.74, 6) is 1.88. The molecule has 3 atom stereocenters. The van der Waals surface area contributed by atoms with E-state index in [1.165, 1.54) is 12.8 Å². The summed E-state index contributed by atoms with van der Waals surface area (Å²) in [5, 5.41) is 4.14. The van der Waals surface area contributed by atoms with E-state index in [1.54, 1.807) is 0 Å². The topological polar surface area (TPSA) is 74.2 Å². The van der Waals surface area contributed by atoms with E-state index >= 15 is 0 Å². The number of hydrogen-bond donors (Lipinski definition) is 1. The first-order valence-corrected chi connectivity index (χ1v) is 6.99. The molecule has 3 unspecified atom stereocenters. The van der Waals surface area contributed by atoms with Gasteiger partial charge in [0.15, 0.2) is 5.82 Å². The zero-order valence-electron chi connectivity index (χ0n) is 10.5. The standard InChI is InChI=1S/C13H19N3O2/c14-13(4-1-5-13)7-11-15-12(16-18-11)9-6-8-2-3-10(9)17-8/h8-10H,1-7,14H2. The maximum atomic E-state index is 6.21. The van der Waals surface area contributed by atoms with Crippen LogP contribution in [0.15, 0.2) is 4.52 Å². The van der Waals surface area contributed by atoms with E-state index in [0.717, 1.165) is 37.9 Å². The van der Waals surface area contributed by atoms with Crippen LogP contribution in [-0.4, -0.2) is 27.9 Å². The predicted molar refractivity (Wildman–Crippen MR) is 64.0 cm³/mol. The van der Waals surface area contributed by atoms with Crippen LogP contribution in [0.25, 0.3) is 0 Å². The third-order valence-corrected chi connectivity index (χ3v) is 4.77. The van der Waals surface area contributed by atoms with Gasteiger partial charge in [-0.05, 0) is 38.5 Å². The number of ether oxygens (including phenoxy) is 1. The lowest BCUT2D eigenvalue weighted by atomic mass is 9.75. The molecule has 3 fully saturated rings. The molecule has 1 aromatic rings. The first-order valence-electron chi connectivity index (χ1n) is 6.99. The molecular weight excluding hydrogens is 230 g/mol. The van der Waals surface area contributed by atoms with Gasteiger partial charge < -0.3 is 15.0 Å². The Morgan fingerprint density at radius 3 is 2.83 bits per heavy atom. The summed E-state index contributed by atoms with van der Waals surface area (Å²) in [6, 6.07) is 0. The molecule has 2 saturated heterocycles. The van der Waals surface area contributed by atoms with Crippen LogP contribution in [0.5, 0.6) is 0 Å². The van der Waals surface area contributed by atoms with Gasteiger partial charge in [-0.15, -0.1) is 0 Å². The Labute approximate surface area is 106 Å². The quantitative estimate of drug-likeness (QED) is 0.879. The minimum Gasteiger partial charge on any atom is -0.374 e. The Hall–Kier alpha value is -0.940. The Bertz CT molecular complexity index is 455. The molecule has 0 amide bonds. The zero-order chi connectivity index (χ0) is 12.2. The van der Waals surface area contributed by atoms with E-state index in [-0.39, 0.29) is 5.54 Å². The number of fused-ring (bicyclic) bond motifs is 2. The highest BCUT2D eigenvalue weighted by molar-refractivity contribution is 5.08. The largest absolute Gasteiger partial charge is 0.374 e.